The molecule has 2 aromatic carbocycles. The second-order valence-electron chi connectivity index (χ2n) is 4.46. The van der Waals surface area contributed by atoms with E-state index in [1.807, 2.05) is 25.1 Å². The first kappa shape index (κ1) is 13.7. The lowest BCUT2D eigenvalue weighted by Crippen LogP contribution is -2.00. The van der Waals surface area contributed by atoms with E-state index in [4.69, 9.17) is 22.1 Å². The molecule has 0 aliphatic carbocycles. The van der Waals surface area contributed by atoms with Crippen molar-refractivity contribution < 1.29 is 9.13 Å². The molecule has 6 heteroatoms. The first-order valence-corrected chi connectivity index (χ1v) is 6.84. The standard InChI is InChI=1S/C15H13ClFN3O/c1-2-21-13-5-3-4-12-14(13)19-15(18)20(12)9-6-7-11(17)10(16)8-9/h3-8H,2H2,1H3,(H2,18,19). The van der Waals surface area contributed by atoms with Gasteiger partial charge in [-0.1, -0.05) is 17.7 Å². The Hall–Kier alpha value is -2.27. The van der Waals surface area contributed by atoms with Gasteiger partial charge in [0.25, 0.3) is 0 Å². The highest BCUT2D eigenvalue weighted by molar-refractivity contribution is 6.30. The van der Waals surface area contributed by atoms with Crippen molar-refractivity contribution in [3.8, 4) is 11.4 Å². The highest BCUT2D eigenvalue weighted by Crippen LogP contribution is 2.30. The third-order valence-electron chi connectivity index (χ3n) is 3.14. The minimum atomic E-state index is -0.474. The number of nitrogen functional groups attached to an aromatic ring is 1. The largest absolute Gasteiger partial charge is 0.492 e. The molecule has 2 N–H and O–H groups in total. The topological polar surface area (TPSA) is 53.1 Å². The number of ether oxygens (including phenoxy) is 1. The Morgan fingerprint density at radius 1 is 1.33 bits per heavy atom. The molecule has 3 rings (SSSR count). The van der Waals surface area contributed by atoms with Gasteiger partial charge >= 0.3 is 0 Å². The molecule has 4 nitrogen and oxygen atoms in total. The fourth-order valence-corrected chi connectivity index (χ4v) is 2.43. The van der Waals surface area contributed by atoms with Crippen LogP contribution < -0.4 is 10.5 Å². The number of para-hydroxylation sites is 1. The highest BCUT2D eigenvalue weighted by Gasteiger charge is 2.14. The average molecular weight is 306 g/mol. The van der Waals surface area contributed by atoms with Crippen molar-refractivity contribution in [1.82, 2.24) is 9.55 Å². The molecule has 1 heterocycles. The third kappa shape index (κ3) is 2.29. The van der Waals surface area contributed by atoms with E-state index in [1.165, 1.54) is 12.1 Å². The maximum Gasteiger partial charge on any atom is 0.206 e. The van der Waals surface area contributed by atoms with Gasteiger partial charge in [-0.05, 0) is 37.3 Å². The molecule has 0 unspecified atom stereocenters. The number of imidazole rings is 1. The summed E-state index contributed by atoms with van der Waals surface area (Å²) in [5.41, 5.74) is 8.09. The first-order chi connectivity index (χ1) is 10.1. The SMILES string of the molecule is CCOc1cccc2c1nc(N)n2-c1ccc(F)c(Cl)c1. The van der Waals surface area contributed by atoms with Crippen LogP contribution in [-0.2, 0) is 0 Å². The molecule has 1 aromatic heterocycles. The molecule has 3 aromatic rings. The summed E-state index contributed by atoms with van der Waals surface area (Å²) in [4.78, 5) is 4.34. The molecule has 0 aliphatic heterocycles. The van der Waals surface area contributed by atoms with Crippen molar-refractivity contribution in [2.45, 2.75) is 6.92 Å². The lowest BCUT2D eigenvalue weighted by Gasteiger charge is -2.08. The van der Waals surface area contributed by atoms with Crippen LogP contribution in [0.4, 0.5) is 10.3 Å². The van der Waals surface area contributed by atoms with Gasteiger partial charge in [-0.3, -0.25) is 4.57 Å². The van der Waals surface area contributed by atoms with Crippen LogP contribution in [0.5, 0.6) is 5.75 Å². The maximum atomic E-state index is 13.3. The number of halogens is 2. The molecule has 0 aliphatic rings. The van der Waals surface area contributed by atoms with Gasteiger partial charge in [-0.15, -0.1) is 0 Å². The van der Waals surface area contributed by atoms with Gasteiger partial charge in [0, 0.05) is 0 Å². The van der Waals surface area contributed by atoms with E-state index in [1.54, 1.807) is 10.6 Å². The molecule has 0 atom stereocenters. The van der Waals surface area contributed by atoms with Gasteiger partial charge < -0.3 is 10.5 Å². The highest BCUT2D eigenvalue weighted by atomic mass is 35.5. The van der Waals surface area contributed by atoms with Crippen LogP contribution in [0.3, 0.4) is 0 Å². The number of rotatable bonds is 3. The second-order valence-corrected chi connectivity index (χ2v) is 4.87. The molecule has 0 fully saturated rings. The van der Waals surface area contributed by atoms with Gasteiger partial charge in [-0.2, -0.15) is 0 Å². The summed E-state index contributed by atoms with van der Waals surface area (Å²) < 4.78 is 20.6. The van der Waals surface area contributed by atoms with E-state index in [2.05, 4.69) is 4.98 Å². The van der Waals surface area contributed by atoms with E-state index in [-0.39, 0.29) is 5.02 Å². The Morgan fingerprint density at radius 2 is 2.14 bits per heavy atom. The van der Waals surface area contributed by atoms with E-state index < -0.39 is 5.82 Å². The molecule has 0 amide bonds. The summed E-state index contributed by atoms with van der Waals surface area (Å²) in [7, 11) is 0. The fraction of sp³-hybridized carbons (Fsp3) is 0.133. The van der Waals surface area contributed by atoms with E-state index in [0.29, 0.717) is 29.5 Å². The number of aromatic nitrogens is 2. The monoisotopic (exact) mass is 305 g/mol. The van der Waals surface area contributed by atoms with Crippen molar-refractivity contribution in [3.05, 3.63) is 47.2 Å². The van der Waals surface area contributed by atoms with Gasteiger partial charge in [0.1, 0.15) is 17.1 Å². The van der Waals surface area contributed by atoms with E-state index in [9.17, 15) is 4.39 Å². The number of fused-ring (bicyclic) bond motifs is 1. The number of nitrogens with two attached hydrogens (primary N) is 1. The zero-order valence-electron chi connectivity index (χ0n) is 11.3. The fourth-order valence-electron chi connectivity index (χ4n) is 2.26. The summed E-state index contributed by atoms with van der Waals surface area (Å²) in [5.74, 6) is 0.479. The van der Waals surface area contributed by atoms with Crippen LogP contribution in [-0.4, -0.2) is 16.2 Å². The summed E-state index contributed by atoms with van der Waals surface area (Å²) in [5, 5.41) is 0.0368. The lowest BCUT2D eigenvalue weighted by molar-refractivity contribution is 0.344. The Balaban J connectivity index is 2.25. The number of hydrogen-bond acceptors (Lipinski definition) is 3. The van der Waals surface area contributed by atoms with Gasteiger partial charge in [0.15, 0.2) is 0 Å². The van der Waals surface area contributed by atoms with Crippen molar-refractivity contribution >= 4 is 28.6 Å². The third-order valence-corrected chi connectivity index (χ3v) is 3.42. The van der Waals surface area contributed by atoms with Crippen LogP contribution in [0.1, 0.15) is 6.92 Å². The maximum absolute atomic E-state index is 13.3. The van der Waals surface area contributed by atoms with E-state index >= 15 is 0 Å². The second kappa shape index (κ2) is 5.26. The zero-order valence-corrected chi connectivity index (χ0v) is 12.1. The molecule has 0 saturated carbocycles. The van der Waals surface area contributed by atoms with Crippen molar-refractivity contribution in [2.24, 2.45) is 0 Å². The predicted molar refractivity (Wildman–Crippen MR) is 81.6 cm³/mol. The first-order valence-electron chi connectivity index (χ1n) is 6.47. The van der Waals surface area contributed by atoms with Gasteiger partial charge in [-0.25, -0.2) is 9.37 Å². The molecule has 108 valence electrons. The van der Waals surface area contributed by atoms with Crippen LogP contribution in [0.15, 0.2) is 36.4 Å². The van der Waals surface area contributed by atoms with Crippen molar-refractivity contribution in [2.75, 3.05) is 12.3 Å². The number of benzene rings is 2. The minimum Gasteiger partial charge on any atom is -0.492 e. The van der Waals surface area contributed by atoms with Crippen LogP contribution in [0.2, 0.25) is 5.02 Å². The smallest absolute Gasteiger partial charge is 0.206 e. The summed E-state index contributed by atoms with van der Waals surface area (Å²) in [6, 6.07) is 9.98. The molecule has 0 radical (unpaired) electrons. The molecule has 21 heavy (non-hydrogen) atoms. The van der Waals surface area contributed by atoms with Crippen LogP contribution >= 0.6 is 11.6 Å². The Labute approximate surface area is 125 Å². The number of hydrogen-bond donors (Lipinski definition) is 1. The Kier molecular flexibility index (Phi) is 3.43. The average Bonchev–Trinajstić information content (AvgIpc) is 2.80. The molecular formula is C15H13ClFN3O. The lowest BCUT2D eigenvalue weighted by atomic mass is 10.2. The summed E-state index contributed by atoms with van der Waals surface area (Å²) in [6.07, 6.45) is 0. The van der Waals surface area contributed by atoms with Crippen molar-refractivity contribution in [1.29, 1.82) is 0 Å². The summed E-state index contributed by atoms with van der Waals surface area (Å²) >= 11 is 5.84. The Morgan fingerprint density at radius 3 is 2.86 bits per heavy atom. The van der Waals surface area contributed by atoms with Crippen LogP contribution in [0.25, 0.3) is 16.7 Å². The van der Waals surface area contributed by atoms with Crippen molar-refractivity contribution in [3.63, 3.8) is 0 Å². The molecule has 0 saturated heterocycles. The van der Waals surface area contributed by atoms with Crippen LogP contribution in [0, 0.1) is 5.82 Å². The van der Waals surface area contributed by atoms with Gasteiger partial charge in [0.05, 0.1) is 22.8 Å². The quantitative estimate of drug-likeness (QED) is 0.801. The number of anilines is 1. The molecule has 0 spiro atoms. The predicted octanol–water partition coefficient (Wildman–Crippen LogP) is 3.80. The van der Waals surface area contributed by atoms with Gasteiger partial charge in [0.2, 0.25) is 5.95 Å². The Bertz CT molecular complexity index is 816. The minimum absolute atomic E-state index is 0.0368. The zero-order chi connectivity index (χ0) is 15.0. The number of nitrogens with zero attached hydrogens (tertiary/aromatic N) is 2. The van der Waals surface area contributed by atoms with E-state index in [0.717, 1.165) is 5.52 Å². The molecular weight excluding hydrogens is 293 g/mol. The summed E-state index contributed by atoms with van der Waals surface area (Å²) in [6.45, 7) is 2.44. The molecule has 0 bridgehead atoms. The normalized spacial score (nSPS) is 11.0.